The van der Waals surface area contributed by atoms with Gasteiger partial charge in [-0.3, -0.25) is 9.98 Å². The van der Waals surface area contributed by atoms with E-state index < -0.39 is 0 Å². The molecule has 1 aromatic carbocycles. The smallest absolute Gasteiger partial charge is 0.133 e. The van der Waals surface area contributed by atoms with Crippen LogP contribution in [0.25, 0.3) is 16.7 Å². The van der Waals surface area contributed by atoms with Crippen LogP contribution in [0.1, 0.15) is 4.88 Å². The zero-order valence-electron chi connectivity index (χ0n) is 8.92. The second kappa shape index (κ2) is 3.71. The van der Waals surface area contributed by atoms with E-state index in [0.717, 1.165) is 21.6 Å². The molecule has 0 saturated carbocycles. The number of fused-ring (bicyclic) bond motifs is 1. The zero-order chi connectivity index (χ0) is 11.8. The summed E-state index contributed by atoms with van der Waals surface area (Å²) in [4.78, 5) is 5.11. The molecular formula is C12H10N4S. The highest BCUT2D eigenvalue weighted by molar-refractivity contribution is 7.12. The number of nitrogens with one attached hydrogen (secondary N) is 1. The second-order valence-corrected chi connectivity index (χ2v) is 4.60. The number of hydrogen-bond acceptors (Lipinski definition) is 3. The third kappa shape index (κ3) is 1.60. The van der Waals surface area contributed by atoms with E-state index >= 15 is 0 Å². The van der Waals surface area contributed by atoms with Crippen molar-refractivity contribution in [3.8, 4) is 5.69 Å². The van der Waals surface area contributed by atoms with Gasteiger partial charge >= 0.3 is 0 Å². The Morgan fingerprint density at radius 2 is 2.18 bits per heavy atom. The minimum absolute atomic E-state index is 0.102. The average molecular weight is 242 g/mol. The predicted molar refractivity (Wildman–Crippen MR) is 70.0 cm³/mol. The molecule has 0 aliphatic rings. The van der Waals surface area contributed by atoms with Crippen molar-refractivity contribution >= 4 is 28.2 Å². The van der Waals surface area contributed by atoms with Gasteiger partial charge in [-0.05, 0) is 18.2 Å². The van der Waals surface area contributed by atoms with Crippen LogP contribution in [-0.4, -0.2) is 15.4 Å². The van der Waals surface area contributed by atoms with E-state index in [-0.39, 0.29) is 5.84 Å². The van der Waals surface area contributed by atoms with Gasteiger partial charge in [-0.2, -0.15) is 0 Å². The molecule has 0 atom stereocenters. The lowest BCUT2D eigenvalue weighted by Crippen LogP contribution is -2.08. The van der Waals surface area contributed by atoms with Crippen LogP contribution < -0.4 is 5.73 Å². The first-order valence-corrected chi connectivity index (χ1v) is 5.99. The zero-order valence-corrected chi connectivity index (χ0v) is 9.74. The average Bonchev–Trinajstić information content (AvgIpc) is 2.95. The molecule has 0 bridgehead atoms. The summed E-state index contributed by atoms with van der Waals surface area (Å²) in [5.74, 6) is 0.102. The fourth-order valence-corrected chi connectivity index (χ4v) is 2.50. The summed E-state index contributed by atoms with van der Waals surface area (Å²) in [6.45, 7) is 0. The Morgan fingerprint density at radius 3 is 2.94 bits per heavy atom. The van der Waals surface area contributed by atoms with Gasteiger partial charge in [0, 0.05) is 5.38 Å². The lowest BCUT2D eigenvalue weighted by atomic mass is 10.3. The van der Waals surface area contributed by atoms with Gasteiger partial charge < -0.3 is 5.73 Å². The third-order valence-electron chi connectivity index (χ3n) is 2.58. The van der Waals surface area contributed by atoms with E-state index in [0.29, 0.717) is 0 Å². The molecule has 0 aliphatic heterocycles. The van der Waals surface area contributed by atoms with Gasteiger partial charge in [-0.15, -0.1) is 11.3 Å². The number of thiophene rings is 1. The van der Waals surface area contributed by atoms with Crippen molar-refractivity contribution in [2.75, 3.05) is 0 Å². The van der Waals surface area contributed by atoms with Crippen molar-refractivity contribution in [3.05, 3.63) is 46.9 Å². The Kier molecular flexibility index (Phi) is 2.19. The first-order valence-electron chi connectivity index (χ1n) is 5.11. The lowest BCUT2D eigenvalue weighted by molar-refractivity contribution is 1.10. The van der Waals surface area contributed by atoms with Crippen LogP contribution in [-0.2, 0) is 0 Å². The van der Waals surface area contributed by atoms with Crippen LogP contribution in [0, 0.1) is 5.41 Å². The Hall–Kier alpha value is -2.14. The number of nitrogens with two attached hydrogens (primary N) is 1. The third-order valence-corrected chi connectivity index (χ3v) is 3.53. The quantitative estimate of drug-likeness (QED) is 0.535. The van der Waals surface area contributed by atoms with Crippen LogP contribution in [0.4, 0.5) is 0 Å². The number of nitrogens with zero attached hydrogens (tertiary/aromatic N) is 2. The summed E-state index contributed by atoms with van der Waals surface area (Å²) >= 11 is 1.47. The number of para-hydroxylation sites is 2. The SMILES string of the molecule is N=C(N)c1cc(-n2cnc3ccccc32)cs1. The fourth-order valence-electron chi connectivity index (χ4n) is 1.76. The normalized spacial score (nSPS) is 10.8. The van der Waals surface area contributed by atoms with Crippen LogP contribution >= 0.6 is 11.3 Å². The molecule has 84 valence electrons. The summed E-state index contributed by atoms with van der Waals surface area (Å²) in [6, 6.07) is 9.85. The molecule has 5 heteroatoms. The topological polar surface area (TPSA) is 67.7 Å². The first kappa shape index (κ1) is 10.0. The predicted octanol–water partition coefficient (Wildman–Crippen LogP) is 2.37. The first-order chi connectivity index (χ1) is 8.25. The minimum Gasteiger partial charge on any atom is -0.383 e. The molecule has 4 nitrogen and oxygen atoms in total. The number of benzene rings is 1. The van der Waals surface area contributed by atoms with Crippen molar-refractivity contribution in [3.63, 3.8) is 0 Å². The Labute approximate surface area is 102 Å². The number of imidazole rings is 1. The van der Waals surface area contributed by atoms with Gasteiger partial charge in [-0.1, -0.05) is 12.1 Å². The van der Waals surface area contributed by atoms with E-state index in [1.807, 2.05) is 40.3 Å². The van der Waals surface area contributed by atoms with Crippen LogP contribution in [0.15, 0.2) is 42.0 Å². The lowest BCUT2D eigenvalue weighted by Gasteiger charge is -1.99. The summed E-state index contributed by atoms with van der Waals surface area (Å²) in [6.07, 6.45) is 1.79. The number of nitrogen functional groups attached to an aromatic ring is 1. The van der Waals surface area contributed by atoms with E-state index in [4.69, 9.17) is 11.1 Å². The second-order valence-electron chi connectivity index (χ2n) is 3.69. The molecule has 3 N–H and O–H groups in total. The van der Waals surface area contributed by atoms with Crippen LogP contribution in [0.5, 0.6) is 0 Å². The van der Waals surface area contributed by atoms with Gasteiger partial charge in [0.05, 0.1) is 21.6 Å². The van der Waals surface area contributed by atoms with E-state index in [2.05, 4.69) is 4.98 Å². The number of amidine groups is 1. The van der Waals surface area contributed by atoms with Crippen molar-refractivity contribution in [2.45, 2.75) is 0 Å². The van der Waals surface area contributed by atoms with Gasteiger partial charge in [0.1, 0.15) is 12.2 Å². The molecule has 0 spiro atoms. The number of rotatable bonds is 2. The molecule has 0 unspecified atom stereocenters. The molecule has 0 saturated heterocycles. The van der Waals surface area contributed by atoms with E-state index in [1.165, 1.54) is 11.3 Å². The Morgan fingerprint density at radius 1 is 1.35 bits per heavy atom. The maximum absolute atomic E-state index is 7.40. The maximum Gasteiger partial charge on any atom is 0.133 e. The molecule has 0 aliphatic carbocycles. The highest BCUT2D eigenvalue weighted by Crippen LogP contribution is 2.22. The number of aromatic nitrogens is 2. The monoisotopic (exact) mass is 242 g/mol. The Bertz CT molecular complexity index is 695. The van der Waals surface area contributed by atoms with Crippen molar-refractivity contribution in [2.24, 2.45) is 5.73 Å². The van der Waals surface area contributed by atoms with Crippen molar-refractivity contribution in [1.82, 2.24) is 9.55 Å². The molecule has 0 fully saturated rings. The largest absolute Gasteiger partial charge is 0.383 e. The minimum atomic E-state index is 0.102. The van der Waals surface area contributed by atoms with Crippen molar-refractivity contribution in [1.29, 1.82) is 5.41 Å². The molecule has 0 radical (unpaired) electrons. The Balaban J connectivity index is 2.17. The van der Waals surface area contributed by atoms with Crippen LogP contribution in [0.2, 0.25) is 0 Å². The summed E-state index contributed by atoms with van der Waals surface area (Å²) in [7, 11) is 0. The van der Waals surface area contributed by atoms with Gasteiger partial charge in [-0.25, -0.2) is 4.98 Å². The molecule has 3 rings (SSSR count). The molecule has 2 heterocycles. The molecule has 0 amide bonds. The van der Waals surface area contributed by atoms with E-state index in [9.17, 15) is 0 Å². The molecule has 17 heavy (non-hydrogen) atoms. The highest BCUT2D eigenvalue weighted by atomic mass is 32.1. The maximum atomic E-state index is 7.40. The van der Waals surface area contributed by atoms with Crippen LogP contribution in [0.3, 0.4) is 0 Å². The van der Waals surface area contributed by atoms with Gasteiger partial charge in [0.2, 0.25) is 0 Å². The summed E-state index contributed by atoms with van der Waals surface area (Å²) in [5, 5.41) is 9.38. The fraction of sp³-hybridized carbons (Fsp3) is 0. The van der Waals surface area contributed by atoms with Crippen molar-refractivity contribution < 1.29 is 0 Å². The summed E-state index contributed by atoms with van der Waals surface area (Å²) in [5.41, 5.74) is 8.47. The standard InChI is InChI=1S/C12H10N4S/c13-12(14)11-5-8(6-17-11)16-7-15-9-3-1-2-4-10(9)16/h1-7H,(H3,13,14). The highest BCUT2D eigenvalue weighted by Gasteiger charge is 2.07. The van der Waals surface area contributed by atoms with Gasteiger partial charge in [0.15, 0.2) is 0 Å². The summed E-state index contributed by atoms with van der Waals surface area (Å²) < 4.78 is 2.00. The molecule has 3 aromatic rings. The van der Waals surface area contributed by atoms with E-state index in [1.54, 1.807) is 6.33 Å². The number of hydrogen-bond donors (Lipinski definition) is 2. The van der Waals surface area contributed by atoms with Gasteiger partial charge in [0.25, 0.3) is 0 Å². The molecular weight excluding hydrogens is 232 g/mol. The molecule has 2 aromatic heterocycles.